The van der Waals surface area contributed by atoms with Gasteiger partial charge in [-0.15, -0.1) is 0 Å². The standard InChI is InChI=1S/C26H45BFNO4Si.C20H33BrFNO2Si.C15H21BrFNO2.C12H24B2O4.C8H19N.C7H4BrFO3.C7H5FO3.2CH4.BHNS/c1-23(2,3)17-24(4,5)29-22(30)19-15-18(27-32-25(6,7)26(8,9)33-27)16-20(28)21(19)31-13-14-34(10,11)12;1-19(2,3)13-20(4,5)23-18(24)15-11-14(21)12-16(22)17(15)25-9-10-26(6,7)8;1-14(2,3)8-15(4,5)18-13(20)10-6-9(16)7-11(17)12(10)19;1-9(2)10(3,4)16-13(15-9)14-17-11(5,6)12(7,8)18-14;1-7(2,3)6-8(4,5)9;8-3-1-4(7(11)12)6(10)5(9)2-3;8-5-3-1-2-4(6(5)9)7(10)11;;;1-2-3/h15-16H,13-14,17H2,1-12H3,(H,29,30);11-12H,9-10,13H2,1-8H3,(H,23,24);6-7,19H,8H2,1-5H3,(H,18,20);1-8H3;6,9H2,1-5H3;1-2,10H,(H,11,12);1-3,9H,(H,10,11);2*1H4;3H. The number of rotatable bonds is 22. The van der Waals surface area contributed by atoms with E-state index in [2.05, 4.69) is 225 Å². The normalized spacial score (nSPS) is 15.8. The number of thiol groups is 1. The second-order valence-corrected chi connectivity index (χ2v) is 60.9. The van der Waals surface area contributed by atoms with Crippen molar-refractivity contribution in [2.45, 2.75) is 369 Å². The molecule has 0 unspecified atom stereocenters. The number of carboxylic acids is 2. The van der Waals surface area contributed by atoms with Crippen molar-refractivity contribution < 1.29 is 109 Å². The van der Waals surface area contributed by atoms with Crippen LogP contribution in [0, 0.1) is 50.7 Å². The van der Waals surface area contributed by atoms with Crippen LogP contribution in [0.15, 0.2) is 84.4 Å². The topological polar surface area (TPSA) is 335 Å². The van der Waals surface area contributed by atoms with Gasteiger partial charge in [-0.1, -0.05) is 191 Å². The van der Waals surface area contributed by atoms with Crippen molar-refractivity contribution in [1.82, 2.24) is 16.0 Å². The molecule has 5 aromatic rings. The summed E-state index contributed by atoms with van der Waals surface area (Å²) in [4.78, 5) is 59.2. The third kappa shape index (κ3) is 46.1. The van der Waals surface area contributed by atoms with Crippen molar-refractivity contribution in [3.63, 3.8) is 0 Å². The van der Waals surface area contributed by atoms with Gasteiger partial charge in [-0.3, -0.25) is 14.4 Å². The minimum atomic E-state index is -1.39. The van der Waals surface area contributed by atoms with Crippen molar-refractivity contribution >= 4 is 141 Å². The summed E-state index contributed by atoms with van der Waals surface area (Å²) < 4.78 is 120. The van der Waals surface area contributed by atoms with E-state index in [1.165, 1.54) is 24.3 Å². The van der Waals surface area contributed by atoms with Crippen molar-refractivity contribution in [1.29, 1.82) is 0 Å². The summed E-state index contributed by atoms with van der Waals surface area (Å²) in [5, 5.41) is 53.2. The van der Waals surface area contributed by atoms with Gasteiger partial charge in [0.05, 0.1) is 63.5 Å². The molecular formula is C97H160B4Br3F5N5O18SSi2. The van der Waals surface area contributed by atoms with E-state index in [9.17, 15) is 46.6 Å². The Hall–Kier alpha value is -5.90. The molecule has 3 saturated heterocycles. The van der Waals surface area contributed by atoms with E-state index in [-0.39, 0.29) is 104 Å². The Morgan fingerprint density at radius 1 is 0.422 bits per heavy atom. The van der Waals surface area contributed by atoms with Gasteiger partial charge in [0.2, 0.25) is 0 Å². The summed E-state index contributed by atoms with van der Waals surface area (Å²) in [6.07, 6.45) is 3.38. The molecule has 135 heavy (non-hydrogen) atoms. The maximum atomic E-state index is 15.4. The zero-order chi connectivity index (χ0) is 105. The van der Waals surface area contributed by atoms with Crippen LogP contribution in [0.3, 0.4) is 0 Å². The van der Waals surface area contributed by atoms with E-state index >= 15 is 4.39 Å². The summed E-state index contributed by atoms with van der Waals surface area (Å²) in [5.41, 5.74) is 2.26. The van der Waals surface area contributed by atoms with Crippen LogP contribution in [0.5, 0.6) is 28.7 Å². The molecule has 38 heteroatoms. The van der Waals surface area contributed by atoms with Crippen LogP contribution in [0.2, 0.25) is 51.4 Å². The molecule has 10 N–H and O–H groups in total. The third-order valence-corrected chi connectivity index (χ3v) is 25.8. The predicted molar refractivity (Wildman–Crippen MR) is 559 cm³/mol. The van der Waals surface area contributed by atoms with Crippen LogP contribution in [0.4, 0.5) is 22.0 Å². The fourth-order valence-electron chi connectivity index (χ4n) is 14.6. The summed E-state index contributed by atoms with van der Waals surface area (Å²) in [6.45, 7) is 79.7. The van der Waals surface area contributed by atoms with Gasteiger partial charge in [0.15, 0.2) is 57.8 Å². The molecule has 3 aliphatic heterocycles. The maximum absolute atomic E-state index is 15.4. The van der Waals surface area contributed by atoms with Crippen molar-refractivity contribution in [3.05, 3.63) is 137 Å². The number of halogens is 8. The Morgan fingerprint density at radius 2 is 0.681 bits per heavy atom. The zero-order valence-electron chi connectivity index (χ0n) is 85.9. The molecule has 3 fully saturated rings. The van der Waals surface area contributed by atoms with Crippen molar-refractivity contribution in [2.24, 2.45) is 31.7 Å². The van der Waals surface area contributed by atoms with E-state index in [1.807, 2.05) is 125 Å². The molecule has 23 nitrogen and oxygen atoms in total. The fraction of sp³-hybridized carbons (Fsp3) is 0.639. The first-order valence-electron chi connectivity index (χ1n) is 44.0. The average Bonchev–Trinajstić information content (AvgIpc) is 1.60. The van der Waals surface area contributed by atoms with Crippen LogP contribution >= 0.6 is 60.6 Å². The second kappa shape index (κ2) is 50.7. The van der Waals surface area contributed by atoms with Gasteiger partial charge in [0, 0.05) is 51.7 Å². The number of carboxylic acid groups (broad SMARTS) is 2. The number of nitrogens with one attached hydrogen (secondary N) is 3. The molecule has 0 spiro atoms. The van der Waals surface area contributed by atoms with Gasteiger partial charge in [-0.05, 0) is 264 Å². The molecule has 0 aliphatic carbocycles. The van der Waals surface area contributed by atoms with Gasteiger partial charge in [-0.2, -0.15) is 0 Å². The average molecular weight is 2150 g/mol. The predicted octanol–water partition coefficient (Wildman–Crippen LogP) is 25.4. The number of hydrogen-bond acceptors (Lipinski definition) is 19. The molecule has 0 atom stereocenters. The fourth-order valence-corrected chi connectivity index (χ4v) is 17.3. The molecule has 5 aromatic carbocycles. The van der Waals surface area contributed by atoms with E-state index in [0.29, 0.717) is 33.0 Å². The Balaban J connectivity index is 0. The van der Waals surface area contributed by atoms with E-state index in [4.69, 9.17) is 63.6 Å². The van der Waals surface area contributed by atoms with Crippen molar-refractivity contribution in [2.75, 3.05) is 13.2 Å². The Bertz CT molecular complexity index is 4680. The second-order valence-electron chi connectivity index (χ2n) is 46.7. The Morgan fingerprint density at radius 3 is 0.963 bits per heavy atom. The van der Waals surface area contributed by atoms with Crippen LogP contribution in [0.1, 0.15) is 314 Å². The first-order chi connectivity index (χ1) is 59.3. The van der Waals surface area contributed by atoms with Crippen LogP contribution in [-0.2, 0) is 27.9 Å². The number of ether oxygens (including phenoxy) is 2. The molecule has 3 aliphatic rings. The molecule has 3 heterocycles. The molecule has 0 bridgehead atoms. The van der Waals surface area contributed by atoms with Gasteiger partial charge in [0.1, 0.15) is 11.1 Å². The number of benzene rings is 5. The van der Waals surface area contributed by atoms with Crippen LogP contribution in [-0.4, -0.2) is 169 Å². The molecule has 8 rings (SSSR count). The Kier molecular flexibility index (Phi) is 49.2. The number of para-hydroxylation sites is 1. The number of carbonyl (C=O) groups excluding carboxylic acids is 3. The molecule has 1 radical (unpaired) electrons. The number of nitrogens with two attached hydrogens (primary N) is 1. The number of carbonyl (C=O) groups is 5. The van der Waals surface area contributed by atoms with Gasteiger partial charge in [0.25, 0.3) is 17.7 Å². The molecule has 0 saturated carbocycles. The number of nitrogens with zero attached hydrogens (tertiary/aromatic N) is 1. The van der Waals surface area contributed by atoms with E-state index in [0.717, 1.165) is 68.1 Å². The summed E-state index contributed by atoms with van der Waals surface area (Å²) >= 11 is 12.5. The zero-order valence-corrected chi connectivity index (χ0v) is 93.5. The summed E-state index contributed by atoms with van der Waals surface area (Å²) in [5.74, 6) is -9.95. The van der Waals surface area contributed by atoms with E-state index in [1.54, 1.807) is 12.1 Å². The first-order valence-corrected chi connectivity index (χ1v) is 54.2. The first kappa shape index (κ1) is 131. The molecule has 763 valence electrons. The number of phenols is 3. The van der Waals surface area contributed by atoms with Gasteiger partial charge < -0.3 is 84.6 Å². The Labute approximate surface area is 839 Å². The quantitative estimate of drug-likeness (QED) is 0.0175. The number of amides is 3. The number of hydrogen-bond donors (Lipinski definition) is 10. The third-order valence-electron chi connectivity index (χ3n) is 21.1. The number of phenolic OH excluding ortho intramolecular Hbond substituents is 1. The SMILES string of the molecule is C.C.CC(C)(C)CC(C)(C)N.CC(C)(C)CC(C)(C)NC(=O)c1cc(B2OC(C)(C)C(C)(C)O2)cc(F)c1OCC[Si](C)(C)C.CC(C)(C)CC(C)(C)NC(=O)c1cc(Br)cc(F)c1O.CC(C)(C)CC(C)(C)NC(=O)c1cc(Br)cc(F)c1OCC[Si](C)(C)C.CC1(C)OB(B2OC(C)(C)C(C)(C)O2)OC1(C)C.O=C(O)c1cc(Br)cc(F)c1O.O=C(O)c1cccc(F)c1O.[B]=NS. The van der Waals surface area contributed by atoms with Crippen LogP contribution < -0.4 is 36.6 Å². The monoisotopic (exact) mass is 2150 g/mol. The summed E-state index contributed by atoms with van der Waals surface area (Å²) in [6, 6.07) is 15.7. The van der Waals surface area contributed by atoms with Gasteiger partial charge in [-0.25, -0.2) is 31.5 Å². The summed E-state index contributed by atoms with van der Waals surface area (Å²) in [7, 11) is -0.0853. The minimum absolute atomic E-state index is 0. The van der Waals surface area contributed by atoms with Gasteiger partial charge >= 0.3 is 57.8 Å². The van der Waals surface area contributed by atoms with Crippen LogP contribution in [0.25, 0.3) is 0 Å². The molecule has 0 aromatic heterocycles. The number of aromatic carboxylic acids is 2. The number of aromatic hydroxyl groups is 3. The van der Waals surface area contributed by atoms with E-state index < -0.39 is 140 Å². The van der Waals surface area contributed by atoms with Crippen molar-refractivity contribution in [3.8, 4) is 28.7 Å². The molecule has 3 amide bonds. The molecular weight excluding hydrogens is 1990 g/mol.